The summed E-state index contributed by atoms with van der Waals surface area (Å²) in [6.45, 7) is 7.27. The Balaban J connectivity index is 0.00000225. The van der Waals surface area contributed by atoms with Gasteiger partial charge in [-0.2, -0.15) is 0 Å². The van der Waals surface area contributed by atoms with E-state index in [1.807, 2.05) is 6.92 Å². The first-order valence-corrected chi connectivity index (χ1v) is 8.77. The second-order valence-corrected chi connectivity index (χ2v) is 6.42. The fourth-order valence-corrected chi connectivity index (χ4v) is 3.20. The summed E-state index contributed by atoms with van der Waals surface area (Å²) in [6.07, 6.45) is 4.28. The zero-order chi connectivity index (χ0) is 17.1. The molecule has 0 saturated carbocycles. The van der Waals surface area contributed by atoms with Gasteiger partial charge in [-0.1, -0.05) is 43.7 Å². The number of nitrogen functional groups attached to an aromatic ring is 1. The van der Waals surface area contributed by atoms with E-state index < -0.39 is 0 Å². The van der Waals surface area contributed by atoms with Crippen LogP contribution in [-0.2, 0) is 19.4 Å². The van der Waals surface area contributed by atoms with Crippen LogP contribution >= 0.6 is 12.4 Å². The molecule has 5 heteroatoms. The van der Waals surface area contributed by atoms with Crippen molar-refractivity contribution in [2.75, 3.05) is 5.73 Å². The van der Waals surface area contributed by atoms with E-state index in [1.54, 1.807) is 0 Å². The topological polar surface area (TPSA) is 56.7 Å². The van der Waals surface area contributed by atoms with Crippen LogP contribution in [0.15, 0.2) is 30.3 Å². The molecular formula is C20H27ClN4. The van der Waals surface area contributed by atoms with Gasteiger partial charge in [0.1, 0.15) is 11.3 Å². The van der Waals surface area contributed by atoms with Gasteiger partial charge in [0, 0.05) is 18.7 Å². The van der Waals surface area contributed by atoms with E-state index in [4.69, 9.17) is 10.7 Å². The van der Waals surface area contributed by atoms with Crippen molar-refractivity contribution >= 4 is 29.3 Å². The van der Waals surface area contributed by atoms with Crippen LogP contribution in [0.4, 0.5) is 5.82 Å². The quantitative estimate of drug-likeness (QED) is 0.698. The number of hydrogen-bond acceptors (Lipinski definition) is 3. The molecule has 0 unspecified atom stereocenters. The van der Waals surface area contributed by atoms with E-state index in [0.717, 1.165) is 54.8 Å². The molecule has 0 radical (unpaired) electrons. The van der Waals surface area contributed by atoms with Gasteiger partial charge in [-0.25, -0.2) is 9.97 Å². The van der Waals surface area contributed by atoms with Crippen molar-refractivity contribution in [3.63, 3.8) is 0 Å². The average molecular weight is 359 g/mol. The van der Waals surface area contributed by atoms with Gasteiger partial charge in [-0.05, 0) is 37.8 Å². The lowest BCUT2D eigenvalue weighted by Crippen LogP contribution is -2.08. The van der Waals surface area contributed by atoms with E-state index in [2.05, 4.69) is 53.7 Å². The Morgan fingerprint density at radius 3 is 2.44 bits per heavy atom. The van der Waals surface area contributed by atoms with Gasteiger partial charge in [0.05, 0.1) is 5.52 Å². The van der Waals surface area contributed by atoms with Crippen molar-refractivity contribution < 1.29 is 0 Å². The number of fused-ring (bicyclic) bond motifs is 1. The van der Waals surface area contributed by atoms with E-state index in [1.165, 1.54) is 11.1 Å². The standard InChI is InChI=1S/C20H26N4.ClH/c1-4-5-11-17-23-18-19(14(2)15(3)22-20(18)21)24(17)13-12-16-9-7-6-8-10-16;/h6-10H,4-5,11-13H2,1-3H3,(H2,21,22);1H. The second-order valence-electron chi connectivity index (χ2n) is 6.42. The van der Waals surface area contributed by atoms with Gasteiger partial charge in [0.25, 0.3) is 0 Å². The predicted molar refractivity (Wildman–Crippen MR) is 107 cm³/mol. The van der Waals surface area contributed by atoms with Crippen molar-refractivity contribution in [1.29, 1.82) is 0 Å². The third-order valence-corrected chi connectivity index (χ3v) is 4.70. The molecule has 2 N–H and O–H groups in total. The monoisotopic (exact) mass is 358 g/mol. The lowest BCUT2D eigenvalue weighted by molar-refractivity contribution is 0.643. The summed E-state index contributed by atoms with van der Waals surface area (Å²) in [5, 5.41) is 0. The van der Waals surface area contributed by atoms with Crippen LogP contribution in [0.5, 0.6) is 0 Å². The molecular weight excluding hydrogens is 332 g/mol. The minimum Gasteiger partial charge on any atom is -0.382 e. The summed E-state index contributed by atoms with van der Waals surface area (Å²) in [5.74, 6) is 1.68. The fourth-order valence-electron chi connectivity index (χ4n) is 3.20. The molecule has 0 aliphatic heterocycles. The molecule has 0 saturated heterocycles. The Morgan fingerprint density at radius 1 is 1.04 bits per heavy atom. The number of benzene rings is 1. The minimum atomic E-state index is 0. The Bertz CT molecular complexity index is 840. The maximum atomic E-state index is 6.16. The normalized spacial score (nSPS) is 10.8. The number of aryl methyl sites for hydroxylation is 5. The number of pyridine rings is 1. The van der Waals surface area contributed by atoms with E-state index in [-0.39, 0.29) is 12.4 Å². The summed E-state index contributed by atoms with van der Waals surface area (Å²) in [4.78, 5) is 9.30. The van der Waals surface area contributed by atoms with E-state index in [0.29, 0.717) is 5.82 Å². The Labute approximate surface area is 155 Å². The number of imidazole rings is 1. The van der Waals surface area contributed by atoms with Crippen LogP contribution in [-0.4, -0.2) is 14.5 Å². The molecule has 2 heterocycles. The first kappa shape index (κ1) is 19.3. The van der Waals surface area contributed by atoms with Crippen LogP contribution in [0.25, 0.3) is 11.0 Å². The highest BCUT2D eigenvalue weighted by Crippen LogP contribution is 2.27. The molecule has 0 atom stereocenters. The summed E-state index contributed by atoms with van der Waals surface area (Å²) in [6, 6.07) is 10.6. The lowest BCUT2D eigenvalue weighted by Gasteiger charge is -2.12. The third kappa shape index (κ3) is 3.96. The maximum absolute atomic E-state index is 6.16. The van der Waals surface area contributed by atoms with Crippen LogP contribution in [0, 0.1) is 13.8 Å². The summed E-state index contributed by atoms with van der Waals surface area (Å²) in [5.41, 5.74) is 11.7. The SMILES string of the molecule is CCCCc1nc2c(N)nc(C)c(C)c2n1CCc1ccccc1.Cl. The molecule has 0 aliphatic carbocycles. The zero-order valence-electron chi connectivity index (χ0n) is 15.2. The molecule has 3 aromatic rings. The van der Waals surface area contributed by atoms with Crippen molar-refractivity contribution in [3.05, 3.63) is 53.0 Å². The molecule has 134 valence electrons. The molecule has 3 rings (SSSR count). The number of unbranched alkanes of at least 4 members (excludes halogenated alkanes) is 1. The first-order chi connectivity index (χ1) is 11.6. The number of nitrogens with zero attached hydrogens (tertiary/aromatic N) is 3. The maximum Gasteiger partial charge on any atom is 0.151 e. The van der Waals surface area contributed by atoms with E-state index >= 15 is 0 Å². The Kier molecular flexibility index (Phi) is 6.43. The average Bonchev–Trinajstić information content (AvgIpc) is 2.96. The number of anilines is 1. The molecule has 2 aromatic heterocycles. The lowest BCUT2D eigenvalue weighted by atomic mass is 10.1. The summed E-state index contributed by atoms with van der Waals surface area (Å²) < 4.78 is 2.36. The van der Waals surface area contributed by atoms with Crippen LogP contribution < -0.4 is 5.73 Å². The molecule has 4 nitrogen and oxygen atoms in total. The molecule has 0 bridgehead atoms. The molecule has 0 spiro atoms. The summed E-state index contributed by atoms with van der Waals surface area (Å²) >= 11 is 0. The Hall–Kier alpha value is -2.07. The smallest absolute Gasteiger partial charge is 0.151 e. The van der Waals surface area contributed by atoms with Crippen LogP contribution in [0.2, 0.25) is 0 Å². The fraction of sp³-hybridized carbons (Fsp3) is 0.400. The van der Waals surface area contributed by atoms with Crippen LogP contribution in [0.3, 0.4) is 0 Å². The predicted octanol–water partition coefficient (Wildman–Crippen LogP) is 4.64. The van der Waals surface area contributed by atoms with E-state index in [9.17, 15) is 0 Å². The van der Waals surface area contributed by atoms with Gasteiger partial charge >= 0.3 is 0 Å². The van der Waals surface area contributed by atoms with Crippen molar-refractivity contribution in [1.82, 2.24) is 14.5 Å². The number of halogens is 1. The van der Waals surface area contributed by atoms with Crippen molar-refractivity contribution in [2.45, 2.75) is 53.0 Å². The largest absolute Gasteiger partial charge is 0.382 e. The molecule has 1 aromatic carbocycles. The highest BCUT2D eigenvalue weighted by Gasteiger charge is 2.17. The van der Waals surface area contributed by atoms with Crippen LogP contribution in [0.1, 0.15) is 42.4 Å². The van der Waals surface area contributed by atoms with Gasteiger partial charge in [0.2, 0.25) is 0 Å². The molecule has 25 heavy (non-hydrogen) atoms. The van der Waals surface area contributed by atoms with Crippen molar-refractivity contribution in [3.8, 4) is 0 Å². The minimum absolute atomic E-state index is 0. The number of rotatable bonds is 6. The summed E-state index contributed by atoms with van der Waals surface area (Å²) in [7, 11) is 0. The zero-order valence-corrected chi connectivity index (χ0v) is 16.1. The number of nitrogens with two attached hydrogens (primary N) is 1. The van der Waals surface area contributed by atoms with Gasteiger partial charge in [0.15, 0.2) is 5.82 Å². The molecule has 0 aliphatic rings. The number of aromatic nitrogens is 3. The Morgan fingerprint density at radius 2 is 1.76 bits per heavy atom. The highest BCUT2D eigenvalue weighted by atomic mass is 35.5. The second kappa shape index (κ2) is 8.34. The van der Waals surface area contributed by atoms with Gasteiger partial charge in [-0.15, -0.1) is 12.4 Å². The molecule has 0 amide bonds. The number of hydrogen-bond donors (Lipinski definition) is 1. The van der Waals surface area contributed by atoms with Gasteiger partial charge in [-0.3, -0.25) is 0 Å². The highest BCUT2D eigenvalue weighted by molar-refractivity contribution is 5.88. The van der Waals surface area contributed by atoms with Gasteiger partial charge < -0.3 is 10.3 Å². The molecule has 0 fully saturated rings. The van der Waals surface area contributed by atoms with Crippen molar-refractivity contribution in [2.24, 2.45) is 0 Å². The first-order valence-electron chi connectivity index (χ1n) is 8.77. The third-order valence-electron chi connectivity index (χ3n) is 4.70.